The van der Waals surface area contributed by atoms with Gasteiger partial charge in [-0.25, -0.2) is 9.59 Å². The minimum atomic E-state index is -3.93. The van der Waals surface area contributed by atoms with Crippen molar-refractivity contribution in [3.05, 3.63) is 126 Å². The fourth-order valence-corrected chi connectivity index (χ4v) is 14.7. The van der Waals surface area contributed by atoms with Gasteiger partial charge in [0, 0.05) is 43.0 Å². The first-order valence-corrected chi connectivity index (χ1v) is 27.5. The number of hydrogen-bond donors (Lipinski definition) is 2. The molecule has 2 fully saturated rings. The normalized spacial score (nSPS) is 23.6. The molecule has 7 atom stereocenters. The maximum atomic E-state index is 14.5. The summed E-state index contributed by atoms with van der Waals surface area (Å²) in [4.78, 5) is 55.4. The highest BCUT2D eigenvalue weighted by Gasteiger charge is 2.54. The lowest BCUT2D eigenvalue weighted by atomic mass is 10.2. The van der Waals surface area contributed by atoms with E-state index in [4.69, 9.17) is 27.4 Å². The van der Waals surface area contributed by atoms with Crippen LogP contribution in [0.3, 0.4) is 0 Å². The average Bonchev–Trinajstić information content (AvgIpc) is 3.77. The van der Waals surface area contributed by atoms with Crippen molar-refractivity contribution in [3.63, 3.8) is 0 Å². The van der Waals surface area contributed by atoms with Gasteiger partial charge >= 0.3 is 19.0 Å². The molecule has 4 aromatic rings. The van der Waals surface area contributed by atoms with Gasteiger partial charge in [0.15, 0.2) is 8.32 Å². The third-order valence-electron chi connectivity index (χ3n) is 12.2. The molecule has 0 aliphatic carbocycles. The van der Waals surface area contributed by atoms with Crippen molar-refractivity contribution in [3.8, 4) is 0 Å². The smallest absolute Gasteiger partial charge is 0.330 e. The van der Waals surface area contributed by atoms with E-state index in [0.29, 0.717) is 11.1 Å². The van der Waals surface area contributed by atoms with Crippen LogP contribution < -0.4 is 32.9 Å². The van der Waals surface area contributed by atoms with Crippen LogP contribution in [-0.4, -0.2) is 80.0 Å². The largest absolute Gasteiger partial charge is 0.414 e. The van der Waals surface area contributed by atoms with Gasteiger partial charge in [-0.1, -0.05) is 102 Å². The Balaban J connectivity index is 1.31. The fraction of sp³-hybridized carbons (Fsp3) is 0.535. The highest BCUT2D eigenvalue weighted by Crippen LogP contribution is 2.50. The van der Waals surface area contributed by atoms with Crippen molar-refractivity contribution in [1.29, 1.82) is 0 Å². The van der Waals surface area contributed by atoms with Gasteiger partial charge in [-0.3, -0.25) is 33.3 Å². The third kappa shape index (κ3) is 10.1. The molecule has 2 aliphatic rings. The van der Waals surface area contributed by atoms with E-state index < -0.39 is 88.6 Å². The number of H-pyrrole nitrogens is 2. The molecule has 4 heterocycles. The van der Waals surface area contributed by atoms with Crippen molar-refractivity contribution in [2.45, 2.75) is 128 Å². The van der Waals surface area contributed by atoms with Gasteiger partial charge in [-0.2, -0.15) is 0 Å². The van der Waals surface area contributed by atoms with Crippen molar-refractivity contribution in [2.24, 2.45) is 0 Å². The predicted octanol–water partition coefficient (Wildman–Crippen LogP) is 5.47. The molecule has 15 nitrogen and oxygen atoms in total. The van der Waals surface area contributed by atoms with Gasteiger partial charge < -0.3 is 27.4 Å². The van der Waals surface area contributed by atoms with Crippen molar-refractivity contribution in [2.75, 3.05) is 19.9 Å². The number of aryl methyl sites for hydroxylation is 2. The molecule has 0 saturated carbocycles. The Bertz CT molecular complexity index is 2420. The zero-order valence-corrected chi connectivity index (χ0v) is 39.9. The average molecular weight is 897 g/mol. The van der Waals surface area contributed by atoms with Crippen LogP contribution >= 0.6 is 7.60 Å². The number of rotatable bonds is 14. The number of nitrogens with one attached hydrogen (secondary N) is 2. The zero-order valence-electron chi connectivity index (χ0n) is 37.1. The summed E-state index contributed by atoms with van der Waals surface area (Å²) in [6.45, 7) is 21.5. The molecule has 18 heteroatoms. The summed E-state index contributed by atoms with van der Waals surface area (Å²) < 4.78 is 56.7. The van der Waals surface area contributed by atoms with Crippen LogP contribution in [0.25, 0.3) is 0 Å². The summed E-state index contributed by atoms with van der Waals surface area (Å²) >= 11 is 0. The molecular formula is C43H61N4O11PSi2. The maximum absolute atomic E-state index is 14.5. The van der Waals surface area contributed by atoms with Gasteiger partial charge in [-0.05, 0) is 47.4 Å². The van der Waals surface area contributed by atoms with Crippen LogP contribution in [0.1, 0.15) is 78.0 Å². The predicted molar refractivity (Wildman–Crippen MR) is 239 cm³/mol. The number of benzene rings is 2. The van der Waals surface area contributed by atoms with Gasteiger partial charge in [0.25, 0.3) is 19.4 Å². The summed E-state index contributed by atoms with van der Waals surface area (Å²) in [5.74, 6) is 0. The number of hydrogen-bond acceptors (Lipinski definition) is 11. The quantitative estimate of drug-likeness (QED) is 0.121. The van der Waals surface area contributed by atoms with E-state index in [0.717, 1.165) is 10.4 Å². The first-order valence-electron chi connectivity index (χ1n) is 20.7. The van der Waals surface area contributed by atoms with E-state index in [1.165, 1.54) is 28.2 Å². The first-order chi connectivity index (χ1) is 28.4. The summed E-state index contributed by atoms with van der Waals surface area (Å²) in [7, 11) is -9.39. The highest BCUT2D eigenvalue weighted by molar-refractivity contribution is 7.53. The van der Waals surface area contributed by atoms with Crippen molar-refractivity contribution in [1.82, 2.24) is 19.1 Å². The molecule has 1 unspecified atom stereocenters. The maximum Gasteiger partial charge on any atom is 0.330 e. The van der Waals surface area contributed by atoms with Crippen LogP contribution in [0.5, 0.6) is 0 Å². The van der Waals surface area contributed by atoms with Crippen LogP contribution in [0.2, 0.25) is 23.2 Å². The minimum absolute atomic E-state index is 0.109. The molecule has 332 valence electrons. The molecule has 2 aliphatic heterocycles. The van der Waals surface area contributed by atoms with Gasteiger partial charge in [0.1, 0.15) is 24.7 Å². The Morgan fingerprint density at radius 2 is 1.15 bits per heavy atom. The molecule has 2 N–H and O–H groups in total. The monoisotopic (exact) mass is 896 g/mol. The highest BCUT2D eigenvalue weighted by atomic mass is 31.2. The molecule has 0 amide bonds. The van der Waals surface area contributed by atoms with E-state index in [-0.39, 0.29) is 31.1 Å². The second-order valence-corrected chi connectivity index (χ2v) is 29.9. The van der Waals surface area contributed by atoms with Crippen molar-refractivity contribution < 1.29 is 31.9 Å². The Hall–Kier alpha value is -3.78. The lowest BCUT2D eigenvalue weighted by Gasteiger charge is -2.45. The molecule has 2 saturated heterocycles. The summed E-state index contributed by atoms with van der Waals surface area (Å²) in [6.07, 6.45) is -1.51. The van der Waals surface area contributed by atoms with Crippen LogP contribution in [-0.2, 0) is 31.9 Å². The molecule has 2 aromatic heterocycles. The lowest BCUT2D eigenvalue weighted by Crippen LogP contribution is -2.68. The molecule has 6 rings (SSSR count). The Kier molecular flexibility index (Phi) is 13.6. The second kappa shape index (κ2) is 17.8. The minimum Gasteiger partial charge on any atom is -0.414 e. The first kappa shape index (κ1) is 46.7. The van der Waals surface area contributed by atoms with Crippen LogP contribution in [0, 0.1) is 13.8 Å². The summed E-state index contributed by atoms with van der Waals surface area (Å²) in [5.41, 5.74) is -1.59. The number of nitrogens with zero attached hydrogens (tertiary/aromatic N) is 2. The molecular weight excluding hydrogens is 836 g/mol. The van der Waals surface area contributed by atoms with Crippen LogP contribution in [0.4, 0.5) is 0 Å². The Morgan fingerprint density at radius 3 is 1.59 bits per heavy atom. The van der Waals surface area contributed by atoms with E-state index in [2.05, 4.69) is 88.9 Å². The molecule has 2 aromatic carbocycles. The molecule has 0 radical (unpaired) electrons. The number of aromatic nitrogens is 4. The summed E-state index contributed by atoms with van der Waals surface area (Å²) in [6, 6.07) is 20.2. The topological polar surface area (TPSA) is 182 Å². The van der Waals surface area contributed by atoms with E-state index in [1.807, 2.05) is 36.4 Å². The molecule has 0 bridgehead atoms. The van der Waals surface area contributed by atoms with Gasteiger partial charge in [0.2, 0.25) is 0 Å². The standard InChI is InChI=1S/C43H61N4O11PSi2/c1-28-24-46(40(50)44-38(28)48)36-22-32(35(56-36)27-54-60(10,11)42(3,4)5)57-59(9,52)53-26-34-33(23-37(55-34)47-25-29(2)39(49)45-41(47)51)58-61(43(6,7)8,30-18-14-12-15-19-30)31-20-16-13-17-21-31/h12-21,24-25,32-37H,22-23,26-27H2,1-11H3,(H,44,48,50)(H,45,49,51)/t32-,33-,34+,35+,36+,37+,59?/m0/s1. The Labute approximate surface area is 358 Å². The third-order valence-corrected chi connectivity index (χ3v) is 23.1. The van der Waals surface area contributed by atoms with Crippen molar-refractivity contribution >= 4 is 34.6 Å². The number of ether oxygens (including phenoxy) is 2. The van der Waals surface area contributed by atoms with E-state index in [9.17, 15) is 23.7 Å². The summed E-state index contributed by atoms with van der Waals surface area (Å²) in [5, 5.41) is 1.57. The SMILES string of the molecule is Cc1cn([C@H]2C[C@H](O[Si](c3ccccc3)(c3ccccc3)C(C)(C)C)[C@@H](COP(C)(=O)O[C@H]3C[C@H](n4cc(C)c(=O)[nH]c4=O)O[C@@H]3CO[Si](C)(C)C(C)(C)C)O2)c(=O)[nH]c1=O. The fourth-order valence-electron chi connectivity index (χ4n) is 7.79. The Morgan fingerprint density at radius 1 is 0.705 bits per heavy atom. The van der Waals surface area contributed by atoms with Gasteiger partial charge in [-0.15, -0.1) is 0 Å². The second-order valence-electron chi connectivity index (χ2n) is 18.8. The van der Waals surface area contributed by atoms with Gasteiger partial charge in [0.05, 0.1) is 25.4 Å². The number of aromatic amines is 2. The molecule has 0 spiro atoms. The zero-order chi connectivity index (χ0) is 44.7. The lowest BCUT2D eigenvalue weighted by molar-refractivity contribution is -0.0496. The van der Waals surface area contributed by atoms with E-state index in [1.54, 1.807) is 13.8 Å². The van der Waals surface area contributed by atoms with Crippen LogP contribution in [0.15, 0.2) is 92.2 Å². The molecule has 61 heavy (non-hydrogen) atoms. The van der Waals surface area contributed by atoms with E-state index >= 15 is 0 Å².